The Morgan fingerprint density at radius 3 is 2.76 bits per heavy atom. The molecule has 5 heteroatoms. The zero-order valence-corrected chi connectivity index (χ0v) is 11.3. The van der Waals surface area contributed by atoms with Crippen molar-refractivity contribution in [3.8, 4) is 5.75 Å². The summed E-state index contributed by atoms with van der Waals surface area (Å²) in [6.07, 6.45) is 3.70. The summed E-state index contributed by atoms with van der Waals surface area (Å²) in [5, 5.41) is 7.54. The molecule has 0 unspecified atom stereocenters. The van der Waals surface area contributed by atoms with Gasteiger partial charge in [-0.1, -0.05) is 0 Å². The lowest BCUT2D eigenvalue weighted by atomic mass is 10.4. The van der Waals surface area contributed by atoms with E-state index in [0.717, 1.165) is 25.4 Å². The molecule has 0 amide bonds. The summed E-state index contributed by atoms with van der Waals surface area (Å²) in [6.45, 7) is 7.77. The van der Waals surface area contributed by atoms with E-state index in [1.807, 2.05) is 10.9 Å². The van der Waals surface area contributed by atoms with Gasteiger partial charge < -0.3 is 15.0 Å². The van der Waals surface area contributed by atoms with Crippen LogP contribution in [0.25, 0.3) is 0 Å². The van der Waals surface area contributed by atoms with Gasteiger partial charge in [0.15, 0.2) is 5.75 Å². The number of likely N-dealkylation sites (N-methyl/N-ethyl adjacent to an activating group) is 1. The highest BCUT2D eigenvalue weighted by Gasteiger charge is 2.01. The summed E-state index contributed by atoms with van der Waals surface area (Å²) >= 11 is 0. The van der Waals surface area contributed by atoms with Crippen molar-refractivity contribution in [2.24, 2.45) is 0 Å². The van der Waals surface area contributed by atoms with Gasteiger partial charge >= 0.3 is 0 Å². The van der Waals surface area contributed by atoms with Crippen LogP contribution >= 0.6 is 0 Å². The minimum absolute atomic E-state index is 0.380. The molecule has 0 aromatic carbocycles. The highest BCUT2D eigenvalue weighted by atomic mass is 16.5. The van der Waals surface area contributed by atoms with Gasteiger partial charge in [0.2, 0.25) is 0 Å². The quantitative estimate of drug-likeness (QED) is 0.688. The molecule has 0 saturated heterocycles. The Labute approximate surface area is 104 Å². The van der Waals surface area contributed by atoms with Crippen LogP contribution in [0, 0.1) is 0 Å². The van der Waals surface area contributed by atoms with Crippen molar-refractivity contribution in [3.05, 3.63) is 12.4 Å². The predicted octanol–water partition coefficient (Wildman–Crippen LogP) is 0.994. The molecule has 0 bridgehead atoms. The van der Waals surface area contributed by atoms with E-state index in [2.05, 4.69) is 43.3 Å². The standard InChI is InChI=1S/C12H24N4O/c1-11(2)16-10-12(9-14-16)17-8-6-13-5-7-15(3)4/h9-11,13H,5-8H2,1-4H3. The molecule has 0 fully saturated rings. The zero-order chi connectivity index (χ0) is 12.7. The number of hydrogen-bond donors (Lipinski definition) is 1. The third-order valence-electron chi connectivity index (χ3n) is 2.39. The van der Waals surface area contributed by atoms with Crippen LogP contribution in [0.4, 0.5) is 0 Å². The summed E-state index contributed by atoms with van der Waals surface area (Å²) < 4.78 is 7.48. The molecule has 1 aromatic heterocycles. The minimum Gasteiger partial charge on any atom is -0.489 e. The van der Waals surface area contributed by atoms with Crippen molar-refractivity contribution in [3.63, 3.8) is 0 Å². The van der Waals surface area contributed by atoms with Crippen molar-refractivity contribution in [2.75, 3.05) is 40.3 Å². The lowest BCUT2D eigenvalue weighted by Gasteiger charge is -2.10. The summed E-state index contributed by atoms with van der Waals surface area (Å²) in [7, 11) is 4.14. The van der Waals surface area contributed by atoms with Crippen LogP contribution in [-0.4, -0.2) is 55.0 Å². The fourth-order valence-electron chi connectivity index (χ4n) is 1.35. The van der Waals surface area contributed by atoms with Crippen molar-refractivity contribution in [2.45, 2.75) is 19.9 Å². The van der Waals surface area contributed by atoms with Crippen molar-refractivity contribution in [1.29, 1.82) is 0 Å². The van der Waals surface area contributed by atoms with Gasteiger partial charge in [0.1, 0.15) is 6.61 Å². The first kappa shape index (κ1) is 14.0. The van der Waals surface area contributed by atoms with E-state index < -0.39 is 0 Å². The normalized spacial score (nSPS) is 11.4. The van der Waals surface area contributed by atoms with E-state index in [-0.39, 0.29) is 0 Å². The first-order chi connectivity index (χ1) is 8.09. The highest BCUT2D eigenvalue weighted by molar-refractivity contribution is 5.11. The van der Waals surface area contributed by atoms with Gasteiger partial charge in [-0.15, -0.1) is 0 Å². The van der Waals surface area contributed by atoms with Gasteiger partial charge in [0.05, 0.1) is 12.4 Å². The van der Waals surface area contributed by atoms with Gasteiger partial charge in [-0.2, -0.15) is 5.10 Å². The highest BCUT2D eigenvalue weighted by Crippen LogP contribution is 2.11. The van der Waals surface area contributed by atoms with Crippen LogP contribution in [0.15, 0.2) is 12.4 Å². The van der Waals surface area contributed by atoms with Crippen LogP contribution < -0.4 is 10.1 Å². The Morgan fingerprint density at radius 2 is 2.18 bits per heavy atom. The number of ether oxygens (including phenoxy) is 1. The van der Waals surface area contributed by atoms with E-state index in [9.17, 15) is 0 Å². The predicted molar refractivity (Wildman–Crippen MR) is 69.5 cm³/mol. The average molecular weight is 240 g/mol. The Hall–Kier alpha value is -1.07. The Kier molecular flexibility index (Phi) is 6.00. The average Bonchev–Trinajstić information content (AvgIpc) is 2.71. The molecule has 0 aliphatic carbocycles. The lowest BCUT2D eigenvalue weighted by Crippen LogP contribution is -2.29. The topological polar surface area (TPSA) is 42.3 Å². The fraction of sp³-hybridized carbons (Fsp3) is 0.750. The summed E-state index contributed by atoms with van der Waals surface area (Å²) in [4.78, 5) is 2.15. The van der Waals surface area contributed by atoms with E-state index in [0.29, 0.717) is 12.6 Å². The molecule has 0 spiro atoms. The van der Waals surface area contributed by atoms with Crippen molar-refractivity contribution < 1.29 is 4.74 Å². The maximum absolute atomic E-state index is 5.58. The zero-order valence-electron chi connectivity index (χ0n) is 11.3. The molecule has 1 heterocycles. The van der Waals surface area contributed by atoms with Gasteiger partial charge in [0.25, 0.3) is 0 Å². The Balaban J connectivity index is 2.09. The van der Waals surface area contributed by atoms with E-state index in [1.165, 1.54) is 0 Å². The van der Waals surface area contributed by atoms with E-state index in [1.54, 1.807) is 6.20 Å². The largest absolute Gasteiger partial charge is 0.489 e. The molecular weight excluding hydrogens is 216 g/mol. The number of nitrogens with one attached hydrogen (secondary N) is 1. The number of hydrogen-bond acceptors (Lipinski definition) is 4. The maximum atomic E-state index is 5.58. The van der Waals surface area contributed by atoms with Gasteiger partial charge in [0, 0.05) is 25.7 Å². The number of aromatic nitrogens is 2. The van der Waals surface area contributed by atoms with Crippen LogP contribution in [0.1, 0.15) is 19.9 Å². The summed E-state index contributed by atoms with van der Waals surface area (Å²) in [6, 6.07) is 0.380. The number of rotatable bonds is 8. The molecule has 0 radical (unpaired) electrons. The number of nitrogens with zero attached hydrogens (tertiary/aromatic N) is 3. The molecule has 0 aliphatic rings. The van der Waals surface area contributed by atoms with Gasteiger partial charge in [-0.3, -0.25) is 4.68 Å². The lowest BCUT2D eigenvalue weighted by molar-refractivity contribution is 0.307. The van der Waals surface area contributed by atoms with Crippen molar-refractivity contribution in [1.82, 2.24) is 20.0 Å². The molecule has 1 N–H and O–H groups in total. The van der Waals surface area contributed by atoms with Crippen LogP contribution in [0.2, 0.25) is 0 Å². The molecular formula is C12H24N4O. The van der Waals surface area contributed by atoms with E-state index in [4.69, 9.17) is 4.74 Å². The first-order valence-electron chi connectivity index (χ1n) is 6.12. The van der Waals surface area contributed by atoms with Gasteiger partial charge in [-0.25, -0.2) is 0 Å². The molecule has 1 rings (SSSR count). The smallest absolute Gasteiger partial charge is 0.157 e. The van der Waals surface area contributed by atoms with Crippen LogP contribution in [-0.2, 0) is 0 Å². The summed E-state index contributed by atoms with van der Waals surface area (Å²) in [5.74, 6) is 0.841. The Bertz CT molecular complexity index is 309. The Morgan fingerprint density at radius 1 is 1.41 bits per heavy atom. The first-order valence-corrected chi connectivity index (χ1v) is 6.12. The summed E-state index contributed by atoms with van der Waals surface area (Å²) in [5.41, 5.74) is 0. The molecule has 17 heavy (non-hydrogen) atoms. The molecule has 0 saturated carbocycles. The van der Waals surface area contributed by atoms with Gasteiger partial charge in [-0.05, 0) is 27.9 Å². The second-order valence-electron chi connectivity index (χ2n) is 4.65. The minimum atomic E-state index is 0.380. The van der Waals surface area contributed by atoms with Crippen molar-refractivity contribution >= 4 is 0 Å². The molecule has 98 valence electrons. The third kappa shape index (κ3) is 5.70. The third-order valence-corrected chi connectivity index (χ3v) is 2.39. The van der Waals surface area contributed by atoms with Crippen LogP contribution in [0.5, 0.6) is 5.75 Å². The maximum Gasteiger partial charge on any atom is 0.157 e. The van der Waals surface area contributed by atoms with E-state index >= 15 is 0 Å². The fourth-order valence-corrected chi connectivity index (χ4v) is 1.35. The molecule has 0 aliphatic heterocycles. The molecule has 0 atom stereocenters. The molecule has 5 nitrogen and oxygen atoms in total. The van der Waals surface area contributed by atoms with Crippen LogP contribution in [0.3, 0.4) is 0 Å². The molecule has 1 aromatic rings. The second kappa shape index (κ2) is 7.29. The monoisotopic (exact) mass is 240 g/mol. The second-order valence-corrected chi connectivity index (χ2v) is 4.65. The SMILES string of the molecule is CC(C)n1cc(OCCNCCN(C)C)cn1.